The number of halogens is 1. The zero-order valence-corrected chi connectivity index (χ0v) is 15.8. The van der Waals surface area contributed by atoms with Crippen LogP contribution in [-0.4, -0.2) is 51.1 Å². The number of benzene rings is 2. The minimum absolute atomic E-state index is 0.218. The smallest absolute Gasteiger partial charge is 0.258 e. The first kappa shape index (κ1) is 19.5. The van der Waals surface area contributed by atoms with E-state index in [1.807, 2.05) is 0 Å². The summed E-state index contributed by atoms with van der Waals surface area (Å²) >= 11 is 0. The summed E-state index contributed by atoms with van der Waals surface area (Å²) in [5.41, 5.74) is 0.758. The van der Waals surface area contributed by atoms with Crippen molar-refractivity contribution in [2.45, 2.75) is 6.04 Å². The summed E-state index contributed by atoms with van der Waals surface area (Å²) in [4.78, 5) is 27.3. The molecule has 2 aromatic carbocycles. The number of carbonyl (C=O) groups is 2. The van der Waals surface area contributed by atoms with Crippen LogP contribution in [0.2, 0.25) is 0 Å². The Hall–Kier alpha value is -3.29. The summed E-state index contributed by atoms with van der Waals surface area (Å²) in [6.45, 7) is 0.613. The van der Waals surface area contributed by atoms with Gasteiger partial charge in [0.05, 0.1) is 26.9 Å². The molecule has 1 N–H and O–H groups in total. The van der Waals surface area contributed by atoms with Gasteiger partial charge in [-0.05, 0) is 29.8 Å². The van der Waals surface area contributed by atoms with Crippen LogP contribution in [0.4, 0.5) is 4.39 Å². The maximum absolute atomic E-state index is 13.3. The lowest BCUT2D eigenvalue weighted by Crippen LogP contribution is -2.52. The minimum atomic E-state index is -0.875. The summed E-state index contributed by atoms with van der Waals surface area (Å²) in [7, 11) is 4.36. The average Bonchev–Trinajstić information content (AvgIpc) is 2.72. The van der Waals surface area contributed by atoms with Crippen LogP contribution in [0.1, 0.15) is 22.0 Å². The van der Waals surface area contributed by atoms with Crippen molar-refractivity contribution >= 4 is 11.8 Å². The van der Waals surface area contributed by atoms with E-state index < -0.39 is 17.8 Å². The molecule has 1 atom stereocenters. The van der Waals surface area contributed by atoms with Gasteiger partial charge in [0.15, 0.2) is 11.5 Å². The van der Waals surface area contributed by atoms with Gasteiger partial charge in [-0.1, -0.05) is 12.1 Å². The number of amides is 2. The first-order valence-corrected chi connectivity index (χ1v) is 8.65. The third kappa shape index (κ3) is 3.45. The Morgan fingerprint density at radius 2 is 1.71 bits per heavy atom. The van der Waals surface area contributed by atoms with E-state index in [9.17, 15) is 14.0 Å². The number of piperazine rings is 1. The molecule has 2 aromatic rings. The van der Waals surface area contributed by atoms with Crippen LogP contribution in [0.5, 0.6) is 17.2 Å². The second-order valence-electron chi connectivity index (χ2n) is 6.13. The van der Waals surface area contributed by atoms with E-state index in [0.717, 1.165) is 0 Å². The van der Waals surface area contributed by atoms with Crippen molar-refractivity contribution in [3.8, 4) is 17.2 Å². The molecule has 1 aliphatic heterocycles. The maximum Gasteiger partial charge on any atom is 0.258 e. The minimum Gasteiger partial charge on any atom is -0.493 e. The second kappa shape index (κ2) is 8.16. The van der Waals surface area contributed by atoms with Gasteiger partial charge in [0.2, 0.25) is 11.7 Å². The Labute approximate surface area is 162 Å². The summed E-state index contributed by atoms with van der Waals surface area (Å²) in [5, 5.41) is 2.75. The number of nitrogens with one attached hydrogen (secondary N) is 1. The molecule has 0 radical (unpaired) electrons. The van der Waals surface area contributed by atoms with E-state index in [1.165, 1.54) is 50.5 Å². The van der Waals surface area contributed by atoms with Gasteiger partial charge in [0, 0.05) is 13.1 Å². The van der Waals surface area contributed by atoms with Gasteiger partial charge in [0.1, 0.15) is 11.9 Å². The topological polar surface area (TPSA) is 77.1 Å². The third-order valence-corrected chi connectivity index (χ3v) is 4.59. The molecule has 1 fully saturated rings. The lowest BCUT2D eigenvalue weighted by molar-refractivity contribution is -0.128. The Bertz CT molecular complexity index is 885. The highest BCUT2D eigenvalue weighted by Crippen LogP contribution is 2.41. The molecule has 1 saturated heterocycles. The lowest BCUT2D eigenvalue weighted by Gasteiger charge is -2.35. The van der Waals surface area contributed by atoms with Crippen molar-refractivity contribution in [3.05, 3.63) is 53.3 Å². The van der Waals surface area contributed by atoms with Gasteiger partial charge in [0.25, 0.3) is 5.91 Å². The molecule has 28 heavy (non-hydrogen) atoms. The monoisotopic (exact) mass is 388 g/mol. The van der Waals surface area contributed by atoms with Crippen molar-refractivity contribution in [2.75, 3.05) is 34.4 Å². The number of hydrogen-bond donors (Lipinski definition) is 1. The highest BCUT2D eigenvalue weighted by atomic mass is 19.1. The van der Waals surface area contributed by atoms with Crippen LogP contribution >= 0.6 is 0 Å². The zero-order valence-electron chi connectivity index (χ0n) is 15.8. The van der Waals surface area contributed by atoms with Crippen LogP contribution in [0, 0.1) is 5.82 Å². The van der Waals surface area contributed by atoms with Gasteiger partial charge >= 0.3 is 0 Å². The molecule has 0 aliphatic carbocycles. The molecule has 0 saturated carbocycles. The number of ether oxygens (including phenoxy) is 3. The first-order chi connectivity index (χ1) is 13.5. The average molecular weight is 388 g/mol. The molecule has 7 nitrogen and oxygen atoms in total. The Kier molecular flexibility index (Phi) is 5.67. The van der Waals surface area contributed by atoms with Crippen LogP contribution < -0.4 is 19.5 Å². The van der Waals surface area contributed by atoms with E-state index in [1.54, 1.807) is 12.1 Å². The van der Waals surface area contributed by atoms with Crippen molar-refractivity contribution in [1.82, 2.24) is 10.2 Å². The van der Waals surface area contributed by atoms with Gasteiger partial charge < -0.3 is 24.4 Å². The van der Waals surface area contributed by atoms with E-state index in [0.29, 0.717) is 24.4 Å². The fourth-order valence-corrected chi connectivity index (χ4v) is 3.29. The van der Waals surface area contributed by atoms with E-state index in [4.69, 9.17) is 14.2 Å². The standard InChI is InChI=1S/C20H21FN2O5/c1-26-15-9-8-14(17(27-2)18(15)28-3)20(25)23-11-10-22-19(24)16(23)12-4-6-13(21)7-5-12/h4-9,16H,10-11H2,1-3H3,(H,22,24). The molecular formula is C20H21FN2O5. The highest BCUT2D eigenvalue weighted by molar-refractivity contribution is 6.01. The molecule has 3 rings (SSSR count). The van der Waals surface area contributed by atoms with Crippen molar-refractivity contribution in [1.29, 1.82) is 0 Å². The molecule has 8 heteroatoms. The van der Waals surface area contributed by atoms with Crippen molar-refractivity contribution < 1.29 is 28.2 Å². The fourth-order valence-electron chi connectivity index (χ4n) is 3.29. The Morgan fingerprint density at radius 3 is 2.32 bits per heavy atom. The van der Waals surface area contributed by atoms with E-state index in [-0.39, 0.29) is 23.0 Å². The predicted octanol–water partition coefficient (Wildman–Crippen LogP) is 2.16. The number of carbonyl (C=O) groups excluding carboxylic acids is 2. The highest BCUT2D eigenvalue weighted by Gasteiger charge is 2.36. The van der Waals surface area contributed by atoms with Gasteiger partial charge in [-0.2, -0.15) is 0 Å². The Morgan fingerprint density at radius 1 is 1.04 bits per heavy atom. The molecule has 1 heterocycles. The number of rotatable bonds is 5. The normalized spacial score (nSPS) is 16.4. The van der Waals surface area contributed by atoms with Gasteiger partial charge in [-0.25, -0.2) is 4.39 Å². The van der Waals surface area contributed by atoms with Crippen LogP contribution in [0.15, 0.2) is 36.4 Å². The van der Waals surface area contributed by atoms with Crippen molar-refractivity contribution in [2.24, 2.45) is 0 Å². The molecule has 0 spiro atoms. The van der Waals surface area contributed by atoms with Crippen LogP contribution in [0.25, 0.3) is 0 Å². The van der Waals surface area contributed by atoms with E-state index in [2.05, 4.69) is 5.32 Å². The predicted molar refractivity (Wildman–Crippen MR) is 99.3 cm³/mol. The molecule has 1 unspecified atom stereocenters. The molecule has 0 aromatic heterocycles. The molecule has 1 aliphatic rings. The lowest BCUT2D eigenvalue weighted by atomic mass is 10.0. The molecule has 148 valence electrons. The molecule has 0 bridgehead atoms. The number of hydrogen-bond acceptors (Lipinski definition) is 5. The van der Waals surface area contributed by atoms with E-state index >= 15 is 0 Å². The fraction of sp³-hybridized carbons (Fsp3) is 0.300. The summed E-state index contributed by atoms with van der Waals surface area (Å²) < 4.78 is 29.3. The molecular weight excluding hydrogens is 367 g/mol. The summed E-state index contributed by atoms with van der Waals surface area (Å²) in [5.74, 6) is -0.222. The number of methoxy groups -OCH3 is 3. The second-order valence-corrected chi connectivity index (χ2v) is 6.13. The zero-order chi connectivity index (χ0) is 20.3. The Balaban J connectivity index is 2.04. The first-order valence-electron chi connectivity index (χ1n) is 8.65. The summed E-state index contributed by atoms with van der Waals surface area (Å²) in [6, 6.07) is 7.81. The number of nitrogens with zero attached hydrogens (tertiary/aromatic N) is 1. The maximum atomic E-state index is 13.3. The SMILES string of the molecule is COc1ccc(C(=O)N2CCNC(=O)C2c2ccc(F)cc2)c(OC)c1OC. The van der Waals surface area contributed by atoms with Gasteiger partial charge in [-0.15, -0.1) is 0 Å². The third-order valence-electron chi connectivity index (χ3n) is 4.59. The van der Waals surface area contributed by atoms with Gasteiger partial charge in [-0.3, -0.25) is 9.59 Å². The largest absolute Gasteiger partial charge is 0.493 e. The van der Waals surface area contributed by atoms with Crippen LogP contribution in [0.3, 0.4) is 0 Å². The summed E-state index contributed by atoms with van der Waals surface area (Å²) in [6.07, 6.45) is 0. The molecule has 2 amide bonds. The van der Waals surface area contributed by atoms with Crippen LogP contribution in [-0.2, 0) is 4.79 Å². The quantitative estimate of drug-likeness (QED) is 0.850. The van der Waals surface area contributed by atoms with Crippen molar-refractivity contribution in [3.63, 3.8) is 0 Å².